The van der Waals surface area contributed by atoms with Gasteiger partial charge in [0.2, 0.25) is 0 Å². The summed E-state index contributed by atoms with van der Waals surface area (Å²) >= 11 is 0. The highest BCUT2D eigenvalue weighted by molar-refractivity contribution is 5.00. The first-order chi connectivity index (χ1) is 5.21. The van der Waals surface area contributed by atoms with E-state index in [1.54, 1.807) is 0 Å². The van der Waals surface area contributed by atoms with Gasteiger partial charge in [-0.15, -0.1) is 0 Å². The molecule has 2 aliphatic rings. The van der Waals surface area contributed by atoms with Gasteiger partial charge in [0.1, 0.15) is 0 Å². The standard InChI is InChI=1S/C9H17N2/c1-9(3-4-9)11-7-5-10(2)6-8-11/h2-8H2,1H3/q-1. The maximum absolute atomic E-state index is 3.94. The van der Waals surface area contributed by atoms with E-state index in [4.69, 9.17) is 0 Å². The summed E-state index contributed by atoms with van der Waals surface area (Å²) < 4.78 is 0. The van der Waals surface area contributed by atoms with Crippen molar-refractivity contribution in [1.82, 2.24) is 9.80 Å². The zero-order valence-electron chi connectivity index (χ0n) is 7.34. The van der Waals surface area contributed by atoms with E-state index in [1.807, 2.05) is 0 Å². The summed E-state index contributed by atoms with van der Waals surface area (Å²) in [7, 11) is 3.94. The van der Waals surface area contributed by atoms with Crippen LogP contribution in [0.2, 0.25) is 0 Å². The molecule has 1 saturated heterocycles. The molecule has 1 heterocycles. The Bertz CT molecular complexity index is 144. The van der Waals surface area contributed by atoms with Crippen molar-refractivity contribution in [2.45, 2.75) is 25.3 Å². The van der Waals surface area contributed by atoms with Crippen LogP contribution < -0.4 is 0 Å². The Morgan fingerprint density at radius 1 is 1.09 bits per heavy atom. The van der Waals surface area contributed by atoms with Gasteiger partial charge in [-0.05, 0) is 32.9 Å². The Balaban J connectivity index is 1.87. The monoisotopic (exact) mass is 153 g/mol. The summed E-state index contributed by atoms with van der Waals surface area (Å²) in [5, 5.41) is 0. The average molecular weight is 153 g/mol. The number of rotatable bonds is 1. The molecule has 0 radical (unpaired) electrons. The van der Waals surface area contributed by atoms with Crippen molar-refractivity contribution in [1.29, 1.82) is 0 Å². The van der Waals surface area contributed by atoms with E-state index in [0.29, 0.717) is 5.54 Å². The molecule has 0 unspecified atom stereocenters. The van der Waals surface area contributed by atoms with Gasteiger partial charge in [0.15, 0.2) is 0 Å². The largest absolute Gasteiger partial charge is 0.457 e. The Morgan fingerprint density at radius 2 is 1.64 bits per heavy atom. The molecule has 1 saturated carbocycles. The lowest BCUT2D eigenvalue weighted by Gasteiger charge is -2.40. The molecule has 0 spiro atoms. The highest BCUT2D eigenvalue weighted by Crippen LogP contribution is 2.41. The number of hydrogen-bond acceptors (Lipinski definition) is 2. The molecule has 0 aromatic rings. The first-order valence-electron chi connectivity index (χ1n) is 4.51. The SMILES string of the molecule is [CH2-]N1CCN(C2(C)CC2)CC1. The van der Waals surface area contributed by atoms with E-state index in [9.17, 15) is 0 Å². The molecule has 2 rings (SSSR count). The van der Waals surface area contributed by atoms with E-state index in [-0.39, 0.29) is 0 Å². The van der Waals surface area contributed by atoms with Crippen molar-refractivity contribution in [2.24, 2.45) is 0 Å². The van der Waals surface area contributed by atoms with Gasteiger partial charge >= 0.3 is 0 Å². The molecule has 11 heavy (non-hydrogen) atoms. The maximum atomic E-state index is 3.94. The van der Waals surface area contributed by atoms with Crippen molar-refractivity contribution >= 4 is 0 Å². The van der Waals surface area contributed by atoms with Crippen LogP contribution in [-0.2, 0) is 0 Å². The quantitative estimate of drug-likeness (QED) is 0.517. The van der Waals surface area contributed by atoms with Gasteiger partial charge < -0.3 is 4.90 Å². The van der Waals surface area contributed by atoms with E-state index >= 15 is 0 Å². The molecule has 0 aromatic heterocycles. The summed E-state index contributed by atoms with van der Waals surface area (Å²) in [6.45, 7) is 7.12. The Labute approximate surface area is 69.2 Å². The van der Waals surface area contributed by atoms with Gasteiger partial charge in [0.25, 0.3) is 0 Å². The van der Waals surface area contributed by atoms with E-state index in [2.05, 4.69) is 23.8 Å². The molecule has 0 N–H and O–H groups in total. The summed E-state index contributed by atoms with van der Waals surface area (Å²) in [6, 6.07) is 0. The van der Waals surface area contributed by atoms with Gasteiger partial charge in [-0.2, -0.15) is 0 Å². The molecular formula is C9H17N2-. The van der Waals surface area contributed by atoms with Crippen molar-refractivity contribution < 1.29 is 0 Å². The third-order valence-corrected chi connectivity index (χ3v) is 3.11. The Kier molecular flexibility index (Phi) is 1.69. The number of nitrogens with zero attached hydrogens (tertiary/aromatic N) is 2. The molecule has 1 aliphatic carbocycles. The summed E-state index contributed by atoms with van der Waals surface area (Å²) in [5.74, 6) is 0. The fourth-order valence-electron chi connectivity index (χ4n) is 1.78. The number of hydrogen-bond donors (Lipinski definition) is 0. The lowest BCUT2D eigenvalue weighted by atomic mass is 10.2. The molecule has 0 bridgehead atoms. The molecule has 0 atom stereocenters. The van der Waals surface area contributed by atoms with Gasteiger partial charge in [0.05, 0.1) is 0 Å². The normalized spacial score (nSPS) is 32.2. The van der Waals surface area contributed by atoms with Crippen LogP contribution >= 0.6 is 0 Å². The first-order valence-corrected chi connectivity index (χ1v) is 4.51. The maximum Gasteiger partial charge on any atom is 0.0183 e. The molecular weight excluding hydrogens is 136 g/mol. The van der Waals surface area contributed by atoms with Crippen LogP contribution in [0.15, 0.2) is 0 Å². The van der Waals surface area contributed by atoms with E-state index in [1.165, 1.54) is 25.9 Å². The van der Waals surface area contributed by atoms with Crippen molar-refractivity contribution in [3.63, 3.8) is 0 Å². The summed E-state index contributed by atoms with van der Waals surface area (Å²) in [6.07, 6.45) is 2.81. The zero-order chi connectivity index (χ0) is 7.90. The predicted octanol–water partition coefficient (Wildman–Crippen LogP) is 0.948. The lowest BCUT2D eigenvalue weighted by Crippen LogP contribution is -2.48. The van der Waals surface area contributed by atoms with Crippen LogP contribution in [0.3, 0.4) is 0 Å². The second-order valence-corrected chi connectivity index (χ2v) is 4.10. The summed E-state index contributed by atoms with van der Waals surface area (Å²) in [4.78, 5) is 4.79. The van der Waals surface area contributed by atoms with Gasteiger partial charge in [-0.3, -0.25) is 11.9 Å². The van der Waals surface area contributed by atoms with Gasteiger partial charge in [-0.1, -0.05) is 0 Å². The third kappa shape index (κ3) is 1.42. The van der Waals surface area contributed by atoms with E-state index in [0.717, 1.165) is 13.1 Å². The highest BCUT2D eigenvalue weighted by atomic mass is 15.3. The Morgan fingerprint density at radius 3 is 2.09 bits per heavy atom. The van der Waals surface area contributed by atoms with Crippen LogP contribution in [0, 0.1) is 7.05 Å². The molecule has 2 heteroatoms. The van der Waals surface area contributed by atoms with Crippen LogP contribution in [-0.4, -0.2) is 41.5 Å². The van der Waals surface area contributed by atoms with Gasteiger partial charge in [-0.25, -0.2) is 0 Å². The number of piperazine rings is 1. The third-order valence-electron chi connectivity index (χ3n) is 3.11. The average Bonchev–Trinajstić information content (AvgIpc) is 2.70. The molecule has 1 aliphatic heterocycles. The van der Waals surface area contributed by atoms with Crippen LogP contribution in [0.1, 0.15) is 19.8 Å². The van der Waals surface area contributed by atoms with Crippen LogP contribution in [0.25, 0.3) is 0 Å². The second-order valence-electron chi connectivity index (χ2n) is 4.10. The van der Waals surface area contributed by atoms with E-state index < -0.39 is 0 Å². The van der Waals surface area contributed by atoms with Crippen molar-refractivity contribution in [2.75, 3.05) is 26.2 Å². The van der Waals surface area contributed by atoms with Crippen LogP contribution in [0.4, 0.5) is 0 Å². The van der Waals surface area contributed by atoms with Gasteiger partial charge in [0, 0.05) is 18.6 Å². The lowest BCUT2D eigenvalue weighted by molar-refractivity contribution is 0.116. The predicted molar refractivity (Wildman–Crippen MR) is 46.1 cm³/mol. The first kappa shape index (κ1) is 7.56. The minimum Gasteiger partial charge on any atom is -0.457 e. The Hall–Kier alpha value is -0.0800. The fourth-order valence-corrected chi connectivity index (χ4v) is 1.78. The molecule has 2 fully saturated rings. The highest BCUT2D eigenvalue weighted by Gasteiger charge is 2.43. The van der Waals surface area contributed by atoms with Crippen molar-refractivity contribution in [3.05, 3.63) is 7.05 Å². The smallest absolute Gasteiger partial charge is 0.0183 e. The molecule has 0 aromatic carbocycles. The summed E-state index contributed by atoms with van der Waals surface area (Å²) in [5.41, 5.74) is 0.585. The minimum atomic E-state index is 0.585. The topological polar surface area (TPSA) is 6.48 Å². The minimum absolute atomic E-state index is 0.585. The van der Waals surface area contributed by atoms with Crippen LogP contribution in [0.5, 0.6) is 0 Å². The molecule has 2 nitrogen and oxygen atoms in total. The fraction of sp³-hybridized carbons (Fsp3) is 0.889. The second kappa shape index (κ2) is 2.46. The zero-order valence-corrected chi connectivity index (χ0v) is 7.34. The van der Waals surface area contributed by atoms with Crippen molar-refractivity contribution in [3.8, 4) is 0 Å². The molecule has 0 amide bonds. The molecule has 64 valence electrons.